The SMILES string of the molecule is COc1ccc2c3c([nH]c2c1)CNCC3N. The first-order chi connectivity index (χ1) is 7.79. The van der Waals surface area contributed by atoms with E-state index in [9.17, 15) is 0 Å². The van der Waals surface area contributed by atoms with E-state index in [0.29, 0.717) is 0 Å². The molecule has 1 aromatic heterocycles. The predicted molar refractivity (Wildman–Crippen MR) is 63.5 cm³/mol. The van der Waals surface area contributed by atoms with Crippen LogP contribution in [0.25, 0.3) is 10.9 Å². The van der Waals surface area contributed by atoms with Gasteiger partial charge in [0.1, 0.15) is 5.75 Å². The minimum atomic E-state index is 0.0749. The third-order valence-corrected chi connectivity index (χ3v) is 3.16. The molecule has 3 rings (SSSR count). The molecule has 16 heavy (non-hydrogen) atoms. The predicted octanol–water partition coefficient (Wildman–Crippen LogP) is 1.28. The molecule has 2 aromatic rings. The number of methoxy groups -OCH3 is 1. The van der Waals surface area contributed by atoms with Gasteiger partial charge in [-0.25, -0.2) is 0 Å². The molecule has 0 radical (unpaired) electrons. The van der Waals surface area contributed by atoms with Gasteiger partial charge in [0.15, 0.2) is 0 Å². The van der Waals surface area contributed by atoms with Crippen LogP contribution in [0.3, 0.4) is 0 Å². The van der Waals surface area contributed by atoms with Crippen molar-refractivity contribution in [1.82, 2.24) is 10.3 Å². The molecule has 4 nitrogen and oxygen atoms in total. The van der Waals surface area contributed by atoms with Gasteiger partial charge in [-0.1, -0.05) is 0 Å². The Balaban J connectivity index is 2.24. The van der Waals surface area contributed by atoms with Gasteiger partial charge in [0.05, 0.1) is 7.11 Å². The van der Waals surface area contributed by atoms with Gasteiger partial charge >= 0.3 is 0 Å². The summed E-state index contributed by atoms with van der Waals surface area (Å²) in [5.74, 6) is 0.868. The van der Waals surface area contributed by atoms with Gasteiger partial charge in [-0.15, -0.1) is 0 Å². The average molecular weight is 217 g/mol. The van der Waals surface area contributed by atoms with Crippen molar-refractivity contribution >= 4 is 10.9 Å². The van der Waals surface area contributed by atoms with Crippen molar-refractivity contribution in [1.29, 1.82) is 0 Å². The number of benzene rings is 1. The minimum Gasteiger partial charge on any atom is -0.497 e. The molecule has 1 unspecified atom stereocenters. The summed E-state index contributed by atoms with van der Waals surface area (Å²) < 4.78 is 5.21. The number of H-pyrrole nitrogens is 1. The summed E-state index contributed by atoms with van der Waals surface area (Å²) in [6, 6.07) is 6.14. The second kappa shape index (κ2) is 3.50. The van der Waals surface area contributed by atoms with E-state index < -0.39 is 0 Å². The molecule has 0 saturated carbocycles. The molecule has 0 fully saturated rings. The van der Waals surface area contributed by atoms with E-state index >= 15 is 0 Å². The first-order valence-electron chi connectivity index (χ1n) is 5.44. The number of fused-ring (bicyclic) bond motifs is 3. The number of rotatable bonds is 1. The Labute approximate surface area is 93.8 Å². The van der Waals surface area contributed by atoms with Crippen molar-refractivity contribution in [2.24, 2.45) is 5.73 Å². The fourth-order valence-corrected chi connectivity index (χ4v) is 2.40. The van der Waals surface area contributed by atoms with E-state index in [4.69, 9.17) is 10.5 Å². The van der Waals surface area contributed by atoms with Crippen LogP contribution >= 0.6 is 0 Å². The number of aromatic amines is 1. The fourth-order valence-electron chi connectivity index (χ4n) is 2.40. The van der Waals surface area contributed by atoms with Crippen LogP contribution in [-0.4, -0.2) is 18.6 Å². The lowest BCUT2D eigenvalue weighted by Crippen LogP contribution is -2.32. The Bertz CT molecular complexity index is 532. The topological polar surface area (TPSA) is 63.1 Å². The molecule has 1 aliphatic heterocycles. The van der Waals surface area contributed by atoms with Crippen LogP contribution in [0.2, 0.25) is 0 Å². The Morgan fingerprint density at radius 2 is 2.31 bits per heavy atom. The minimum absolute atomic E-state index is 0.0749. The summed E-state index contributed by atoms with van der Waals surface area (Å²) in [5, 5.41) is 4.51. The summed E-state index contributed by atoms with van der Waals surface area (Å²) in [4.78, 5) is 3.40. The van der Waals surface area contributed by atoms with E-state index in [0.717, 1.165) is 24.4 Å². The fraction of sp³-hybridized carbons (Fsp3) is 0.333. The highest BCUT2D eigenvalue weighted by molar-refractivity contribution is 5.86. The highest BCUT2D eigenvalue weighted by Crippen LogP contribution is 2.31. The molecule has 0 amide bonds. The zero-order chi connectivity index (χ0) is 11.1. The standard InChI is InChI=1S/C12H15N3O/c1-16-7-2-3-8-10(4-7)15-11-6-14-5-9(13)12(8)11/h2-4,9,14-15H,5-6,13H2,1H3. The zero-order valence-electron chi connectivity index (χ0n) is 9.21. The summed E-state index contributed by atoms with van der Waals surface area (Å²) in [6.07, 6.45) is 0. The highest BCUT2D eigenvalue weighted by Gasteiger charge is 2.21. The lowest BCUT2D eigenvalue weighted by atomic mass is 10.0. The smallest absolute Gasteiger partial charge is 0.120 e. The van der Waals surface area contributed by atoms with Crippen LogP contribution in [0.15, 0.2) is 18.2 Å². The molecule has 0 saturated heterocycles. The van der Waals surface area contributed by atoms with Crippen LogP contribution in [0, 0.1) is 0 Å². The third kappa shape index (κ3) is 1.31. The molecule has 84 valence electrons. The van der Waals surface area contributed by atoms with Crippen LogP contribution in [-0.2, 0) is 6.54 Å². The number of hydrogen-bond acceptors (Lipinski definition) is 3. The Morgan fingerprint density at radius 1 is 1.44 bits per heavy atom. The van der Waals surface area contributed by atoms with E-state index in [2.05, 4.69) is 16.4 Å². The van der Waals surface area contributed by atoms with Crippen LogP contribution in [0.4, 0.5) is 0 Å². The van der Waals surface area contributed by atoms with Crippen molar-refractivity contribution in [2.75, 3.05) is 13.7 Å². The molecule has 4 N–H and O–H groups in total. The van der Waals surface area contributed by atoms with Crippen molar-refractivity contribution in [3.05, 3.63) is 29.5 Å². The van der Waals surface area contributed by atoms with Crippen molar-refractivity contribution in [3.8, 4) is 5.75 Å². The first-order valence-corrected chi connectivity index (χ1v) is 5.44. The number of nitrogens with one attached hydrogen (secondary N) is 2. The molecule has 1 aliphatic rings. The summed E-state index contributed by atoms with van der Waals surface area (Å²) in [6.45, 7) is 1.70. The lowest BCUT2D eigenvalue weighted by molar-refractivity contribution is 0.415. The van der Waals surface area contributed by atoms with Gasteiger partial charge in [0.25, 0.3) is 0 Å². The van der Waals surface area contributed by atoms with Crippen molar-refractivity contribution < 1.29 is 4.74 Å². The van der Waals surface area contributed by atoms with Gasteiger partial charge in [-0.05, 0) is 17.7 Å². The monoisotopic (exact) mass is 217 g/mol. The van der Waals surface area contributed by atoms with Gasteiger partial charge in [0.2, 0.25) is 0 Å². The van der Waals surface area contributed by atoms with Crippen molar-refractivity contribution in [3.63, 3.8) is 0 Å². The van der Waals surface area contributed by atoms with Crippen LogP contribution in [0.1, 0.15) is 17.3 Å². The Hall–Kier alpha value is -1.52. The van der Waals surface area contributed by atoms with Crippen molar-refractivity contribution in [2.45, 2.75) is 12.6 Å². The molecule has 0 bridgehead atoms. The first kappa shape index (κ1) is 9.69. The van der Waals surface area contributed by atoms with Gasteiger partial charge in [0, 0.05) is 41.8 Å². The number of ether oxygens (including phenoxy) is 1. The molecule has 2 heterocycles. The highest BCUT2D eigenvalue weighted by atomic mass is 16.5. The Morgan fingerprint density at radius 3 is 3.12 bits per heavy atom. The number of hydrogen-bond donors (Lipinski definition) is 3. The maximum absolute atomic E-state index is 6.11. The maximum atomic E-state index is 6.11. The second-order valence-corrected chi connectivity index (χ2v) is 4.17. The van der Waals surface area contributed by atoms with Gasteiger partial charge in [-0.2, -0.15) is 0 Å². The number of nitrogens with two attached hydrogens (primary N) is 1. The maximum Gasteiger partial charge on any atom is 0.120 e. The molecule has 0 aliphatic carbocycles. The number of aromatic nitrogens is 1. The molecule has 4 heteroatoms. The average Bonchev–Trinajstić information content (AvgIpc) is 2.67. The van der Waals surface area contributed by atoms with E-state index in [-0.39, 0.29) is 6.04 Å². The Kier molecular flexibility index (Phi) is 2.12. The quantitative estimate of drug-likeness (QED) is 0.674. The van der Waals surface area contributed by atoms with E-state index in [1.165, 1.54) is 16.6 Å². The molecule has 1 atom stereocenters. The van der Waals surface area contributed by atoms with Gasteiger partial charge < -0.3 is 20.8 Å². The largest absolute Gasteiger partial charge is 0.497 e. The molecular formula is C12H15N3O. The molecular weight excluding hydrogens is 202 g/mol. The normalized spacial score (nSPS) is 19.8. The molecule has 1 aromatic carbocycles. The third-order valence-electron chi connectivity index (χ3n) is 3.16. The van der Waals surface area contributed by atoms with Crippen LogP contribution < -0.4 is 15.8 Å². The van der Waals surface area contributed by atoms with E-state index in [1.807, 2.05) is 12.1 Å². The van der Waals surface area contributed by atoms with Gasteiger partial charge in [-0.3, -0.25) is 0 Å². The molecule has 0 spiro atoms. The zero-order valence-corrected chi connectivity index (χ0v) is 9.21. The lowest BCUT2D eigenvalue weighted by Gasteiger charge is -2.20. The summed E-state index contributed by atoms with van der Waals surface area (Å²) in [5.41, 5.74) is 9.66. The van der Waals surface area contributed by atoms with E-state index in [1.54, 1.807) is 7.11 Å². The second-order valence-electron chi connectivity index (χ2n) is 4.17. The summed E-state index contributed by atoms with van der Waals surface area (Å²) in [7, 11) is 1.68. The summed E-state index contributed by atoms with van der Waals surface area (Å²) >= 11 is 0. The van der Waals surface area contributed by atoms with Crippen LogP contribution in [0.5, 0.6) is 5.75 Å².